The van der Waals surface area contributed by atoms with Crippen molar-refractivity contribution in [2.45, 2.75) is 0 Å². The summed E-state index contributed by atoms with van der Waals surface area (Å²) in [5.74, 6) is -0.402. The maximum absolute atomic E-state index is 13.3. The van der Waals surface area contributed by atoms with Crippen LogP contribution in [0.3, 0.4) is 0 Å². The summed E-state index contributed by atoms with van der Waals surface area (Å²) in [5.41, 5.74) is 1.80. The Morgan fingerprint density at radius 1 is 1.15 bits per heavy atom. The fraction of sp³-hybridized carbons (Fsp3) is 0. The second-order valence-electron chi connectivity index (χ2n) is 4.31. The van der Waals surface area contributed by atoms with Gasteiger partial charge in [0, 0.05) is 22.1 Å². The molecule has 0 radical (unpaired) electrons. The van der Waals surface area contributed by atoms with Crippen LogP contribution in [0.5, 0.6) is 5.88 Å². The van der Waals surface area contributed by atoms with E-state index in [1.165, 1.54) is 18.3 Å². The number of hydrogen-bond acceptors (Lipinski definition) is 2. The predicted octanol–water partition coefficient (Wildman–Crippen LogP) is 4.42. The Bertz CT molecular complexity index is 793. The highest BCUT2D eigenvalue weighted by molar-refractivity contribution is 6.30. The number of aromatic nitrogens is 1. The van der Waals surface area contributed by atoms with Gasteiger partial charge in [0.25, 0.3) is 0 Å². The third-order valence-corrected chi connectivity index (χ3v) is 3.20. The Labute approximate surface area is 119 Å². The smallest absolute Gasteiger partial charge is 0.198 e. The van der Waals surface area contributed by atoms with Crippen LogP contribution in [0.4, 0.5) is 10.1 Å². The first kappa shape index (κ1) is 12.7. The van der Waals surface area contributed by atoms with Gasteiger partial charge < -0.3 is 10.1 Å². The number of nitrogens with zero attached hydrogens (tertiary/aromatic N) is 1. The number of fused-ring (bicyclic) bond motifs is 1. The highest BCUT2D eigenvalue weighted by Gasteiger charge is 2.09. The molecule has 5 heteroatoms. The molecule has 0 unspecified atom stereocenters. The zero-order chi connectivity index (χ0) is 14.1. The Kier molecular flexibility index (Phi) is 3.16. The average Bonchev–Trinajstić information content (AvgIpc) is 2.73. The van der Waals surface area contributed by atoms with Crippen molar-refractivity contribution < 1.29 is 9.50 Å². The van der Waals surface area contributed by atoms with Gasteiger partial charge in [-0.1, -0.05) is 11.6 Å². The second-order valence-corrected chi connectivity index (χ2v) is 4.75. The number of aromatic hydroxyl groups is 1. The molecular weight excluding hydrogens is 279 g/mol. The number of aromatic amines is 1. The van der Waals surface area contributed by atoms with Crippen LogP contribution in [0.15, 0.2) is 47.5 Å². The summed E-state index contributed by atoms with van der Waals surface area (Å²) >= 11 is 5.79. The summed E-state index contributed by atoms with van der Waals surface area (Å²) in [7, 11) is 0. The number of benzene rings is 2. The second kappa shape index (κ2) is 4.98. The van der Waals surface area contributed by atoms with Crippen molar-refractivity contribution in [1.29, 1.82) is 0 Å². The monoisotopic (exact) mass is 288 g/mol. The molecule has 3 rings (SSSR count). The van der Waals surface area contributed by atoms with Crippen molar-refractivity contribution in [3.63, 3.8) is 0 Å². The summed E-state index contributed by atoms with van der Waals surface area (Å²) in [5, 5.41) is 11.1. The van der Waals surface area contributed by atoms with E-state index in [-0.39, 0.29) is 11.7 Å². The van der Waals surface area contributed by atoms with Crippen LogP contribution < -0.4 is 0 Å². The van der Waals surface area contributed by atoms with Crippen LogP contribution in [0.25, 0.3) is 10.9 Å². The summed E-state index contributed by atoms with van der Waals surface area (Å²) < 4.78 is 13.3. The van der Waals surface area contributed by atoms with Crippen molar-refractivity contribution >= 4 is 34.4 Å². The topological polar surface area (TPSA) is 48.4 Å². The Hall–Kier alpha value is -2.33. The first-order valence-electron chi connectivity index (χ1n) is 5.93. The molecule has 2 N–H and O–H groups in total. The molecule has 0 aliphatic carbocycles. The Morgan fingerprint density at radius 3 is 2.65 bits per heavy atom. The number of nitrogens with one attached hydrogen (secondary N) is 1. The van der Waals surface area contributed by atoms with Crippen LogP contribution in [-0.4, -0.2) is 16.3 Å². The van der Waals surface area contributed by atoms with E-state index < -0.39 is 0 Å². The zero-order valence-corrected chi connectivity index (χ0v) is 11.0. The van der Waals surface area contributed by atoms with Crippen molar-refractivity contribution in [2.24, 2.45) is 4.99 Å². The molecule has 3 aromatic rings. The number of rotatable bonds is 2. The molecule has 0 bridgehead atoms. The number of H-pyrrole nitrogens is 1. The molecule has 1 aromatic heterocycles. The van der Waals surface area contributed by atoms with Crippen LogP contribution in [-0.2, 0) is 0 Å². The van der Waals surface area contributed by atoms with Gasteiger partial charge in [-0.3, -0.25) is 4.99 Å². The molecular formula is C15H10ClFN2O. The maximum Gasteiger partial charge on any atom is 0.198 e. The van der Waals surface area contributed by atoms with Gasteiger partial charge in [-0.25, -0.2) is 4.39 Å². The number of hydrogen-bond donors (Lipinski definition) is 2. The van der Waals surface area contributed by atoms with Gasteiger partial charge in [0.2, 0.25) is 0 Å². The minimum Gasteiger partial charge on any atom is -0.494 e. The largest absolute Gasteiger partial charge is 0.494 e. The van der Waals surface area contributed by atoms with Crippen LogP contribution >= 0.6 is 11.6 Å². The average molecular weight is 289 g/mol. The van der Waals surface area contributed by atoms with Crippen LogP contribution in [0.2, 0.25) is 5.02 Å². The normalized spacial score (nSPS) is 11.5. The fourth-order valence-corrected chi connectivity index (χ4v) is 2.09. The van der Waals surface area contributed by atoms with Gasteiger partial charge in [-0.2, -0.15) is 0 Å². The zero-order valence-electron chi connectivity index (χ0n) is 10.3. The molecule has 0 spiro atoms. The van der Waals surface area contributed by atoms with Gasteiger partial charge >= 0.3 is 0 Å². The van der Waals surface area contributed by atoms with Crippen molar-refractivity contribution in [1.82, 2.24) is 4.98 Å². The van der Waals surface area contributed by atoms with Gasteiger partial charge in [0.1, 0.15) is 5.82 Å². The first-order chi connectivity index (χ1) is 9.63. The molecule has 0 atom stereocenters. The van der Waals surface area contributed by atoms with E-state index in [9.17, 15) is 9.50 Å². The van der Waals surface area contributed by atoms with Crippen LogP contribution in [0.1, 0.15) is 5.56 Å². The lowest BCUT2D eigenvalue weighted by Crippen LogP contribution is -1.80. The van der Waals surface area contributed by atoms with E-state index in [1.807, 2.05) is 0 Å². The molecule has 0 aliphatic heterocycles. The Balaban J connectivity index is 2.03. The summed E-state index contributed by atoms with van der Waals surface area (Å²) in [6.45, 7) is 0. The highest BCUT2D eigenvalue weighted by Crippen LogP contribution is 2.27. The van der Waals surface area contributed by atoms with Crippen LogP contribution in [0, 0.1) is 5.82 Å². The van der Waals surface area contributed by atoms with E-state index in [1.54, 1.807) is 30.3 Å². The quantitative estimate of drug-likeness (QED) is 0.674. The Morgan fingerprint density at radius 2 is 1.90 bits per heavy atom. The van der Waals surface area contributed by atoms with E-state index in [0.29, 0.717) is 27.2 Å². The molecule has 0 saturated heterocycles. The first-order valence-corrected chi connectivity index (χ1v) is 6.31. The molecule has 0 saturated carbocycles. The standard InChI is InChI=1S/C15H10ClFN2O/c16-9-1-4-11(5-2-9)18-8-13-12-7-10(17)3-6-14(12)19-15(13)20/h1-8,19-20H. The lowest BCUT2D eigenvalue weighted by atomic mass is 10.2. The molecule has 3 nitrogen and oxygen atoms in total. The lowest BCUT2D eigenvalue weighted by molar-refractivity contribution is 0.457. The molecule has 2 aromatic carbocycles. The van der Waals surface area contributed by atoms with Gasteiger partial charge in [-0.15, -0.1) is 0 Å². The van der Waals surface area contributed by atoms with E-state index in [2.05, 4.69) is 9.98 Å². The third kappa shape index (κ3) is 2.38. The molecule has 100 valence electrons. The fourth-order valence-electron chi connectivity index (χ4n) is 1.97. The number of aliphatic imine (C=N–C) groups is 1. The summed E-state index contributed by atoms with van der Waals surface area (Å²) in [4.78, 5) is 7.02. The minimum absolute atomic E-state index is 0.0386. The maximum atomic E-state index is 13.3. The van der Waals surface area contributed by atoms with E-state index in [4.69, 9.17) is 11.6 Å². The van der Waals surface area contributed by atoms with Crippen molar-refractivity contribution in [2.75, 3.05) is 0 Å². The molecule has 0 aliphatic rings. The van der Waals surface area contributed by atoms with Crippen molar-refractivity contribution in [3.05, 3.63) is 58.9 Å². The van der Waals surface area contributed by atoms with Gasteiger partial charge in [0.15, 0.2) is 5.88 Å². The molecule has 0 fully saturated rings. The van der Waals surface area contributed by atoms with Crippen molar-refractivity contribution in [3.8, 4) is 5.88 Å². The van der Waals surface area contributed by atoms with Gasteiger partial charge in [0.05, 0.1) is 11.3 Å². The van der Waals surface area contributed by atoms with Gasteiger partial charge in [-0.05, 0) is 42.5 Å². The SMILES string of the molecule is Oc1[nH]c2ccc(F)cc2c1C=Nc1ccc(Cl)cc1. The third-order valence-electron chi connectivity index (χ3n) is 2.95. The summed E-state index contributed by atoms with van der Waals surface area (Å²) in [6, 6.07) is 11.2. The molecule has 20 heavy (non-hydrogen) atoms. The van der Waals surface area contributed by atoms with E-state index >= 15 is 0 Å². The van der Waals surface area contributed by atoms with E-state index in [0.717, 1.165) is 0 Å². The molecule has 0 amide bonds. The molecule has 1 heterocycles. The predicted molar refractivity (Wildman–Crippen MR) is 78.6 cm³/mol. The number of halogens is 2. The summed E-state index contributed by atoms with van der Waals surface area (Å²) in [6.07, 6.45) is 1.50. The lowest BCUT2D eigenvalue weighted by Gasteiger charge is -1.95. The minimum atomic E-state index is -0.363. The highest BCUT2D eigenvalue weighted by atomic mass is 35.5.